The van der Waals surface area contributed by atoms with Crippen LogP contribution in [0.2, 0.25) is 0 Å². The number of aromatic nitrogens is 3. The molecule has 61 heavy (non-hydrogen) atoms. The molecule has 0 spiro atoms. The molecule has 286 valence electrons. The number of benzene rings is 9. The third-order valence-corrected chi connectivity index (χ3v) is 11.4. The number of hydrogen-bond donors (Lipinski definition) is 0. The van der Waals surface area contributed by atoms with E-state index >= 15 is 0 Å². The van der Waals surface area contributed by atoms with Crippen molar-refractivity contribution in [3.05, 3.63) is 224 Å². The Morgan fingerprint density at radius 1 is 0.262 bits per heavy atom. The van der Waals surface area contributed by atoms with Crippen LogP contribution >= 0.6 is 0 Å². The fraction of sp³-hybridized carbons (Fsp3) is 0. The van der Waals surface area contributed by atoms with Gasteiger partial charge in [-0.15, -0.1) is 0 Å². The van der Waals surface area contributed by atoms with Crippen LogP contribution in [0.3, 0.4) is 0 Å². The Balaban J connectivity index is 1.12. The van der Waals surface area contributed by atoms with Crippen molar-refractivity contribution in [2.75, 3.05) is 0 Å². The molecule has 2 aromatic heterocycles. The van der Waals surface area contributed by atoms with Gasteiger partial charge in [-0.1, -0.05) is 200 Å². The molecular formula is C57H37N3O. The molecule has 0 amide bonds. The van der Waals surface area contributed by atoms with Gasteiger partial charge in [0, 0.05) is 33.0 Å². The summed E-state index contributed by atoms with van der Waals surface area (Å²) in [7, 11) is 0. The molecule has 0 fully saturated rings. The number of furan rings is 1. The molecule has 4 nitrogen and oxygen atoms in total. The summed E-state index contributed by atoms with van der Waals surface area (Å²) in [5.74, 6) is 1.75. The molecular weight excluding hydrogens is 743 g/mol. The summed E-state index contributed by atoms with van der Waals surface area (Å²) in [4.78, 5) is 15.9. The molecule has 0 aliphatic carbocycles. The predicted molar refractivity (Wildman–Crippen MR) is 251 cm³/mol. The average molecular weight is 780 g/mol. The Morgan fingerprint density at radius 3 is 1.31 bits per heavy atom. The smallest absolute Gasteiger partial charge is 0.164 e. The number of para-hydroxylation sites is 1. The van der Waals surface area contributed by atoms with Crippen LogP contribution in [0.1, 0.15) is 0 Å². The zero-order chi connectivity index (χ0) is 40.5. The van der Waals surface area contributed by atoms with Crippen LogP contribution < -0.4 is 0 Å². The van der Waals surface area contributed by atoms with E-state index in [-0.39, 0.29) is 0 Å². The van der Waals surface area contributed by atoms with E-state index in [1.807, 2.05) is 36.4 Å². The van der Waals surface area contributed by atoms with Gasteiger partial charge in [-0.05, 0) is 74.3 Å². The van der Waals surface area contributed by atoms with Crippen LogP contribution in [0, 0.1) is 0 Å². The average Bonchev–Trinajstić information content (AvgIpc) is 3.74. The lowest BCUT2D eigenvalue weighted by Crippen LogP contribution is -2.01. The van der Waals surface area contributed by atoms with Crippen molar-refractivity contribution in [2.45, 2.75) is 0 Å². The van der Waals surface area contributed by atoms with Crippen LogP contribution in [0.5, 0.6) is 0 Å². The van der Waals surface area contributed by atoms with E-state index in [2.05, 4.69) is 188 Å². The third-order valence-electron chi connectivity index (χ3n) is 11.4. The second kappa shape index (κ2) is 15.5. The molecule has 0 radical (unpaired) electrons. The zero-order valence-corrected chi connectivity index (χ0v) is 33.1. The summed E-state index contributed by atoms with van der Waals surface area (Å²) in [5, 5.41) is 1.96. The van der Waals surface area contributed by atoms with Crippen molar-refractivity contribution in [2.24, 2.45) is 0 Å². The summed E-state index contributed by atoms with van der Waals surface area (Å²) in [6.45, 7) is 0. The van der Waals surface area contributed by atoms with Gasteiger partial charge in [0.1, 0.15) is 11.2 Å². The minimum atomic E-state index is 0.571. The second-order valence-electron chi connectivity index (χ2n) is 15.2. The van der Waals surface area contributed by atoms with Crippen LogP contribution in [0.25, 0.3) is 112 Å². The summed E-state index contributed by atoms with van der Waals surface area (Å²) in [5.41, 5.74) is 15.4. The molecule has 0 saturated heterocycles. The standard InChI is InChI=1S/C57H37N3O/c1-5-17-38(18-6-1)41-31-33-43(34-32-41)55-58-56(46-36-44(39-19-7-2-8-20-39)35-45(37-46)40-21-9-3-10-22-40)60-57(59-55)51-29-16-30-52-53(51)50-28-15-27-49(54(50)61-52)48-26-14-13-25-47(48)42-23-11-4-12-24-42/h1-37H. The molecule has 11 aromatic rings. The zero-order valence-electron chi connectivity index (χ0n) is 33.1. The van der Waals surface area contributed by atoms with E-state index in [4.69, 9.17) is 19.4 Å². The first kappa shape index (κ1) is 35.9. The highest BCUT2D eigenvalue weighted by Crippen LogP contribution is 2.43. The Kier molecular flexibility index (Phi) is 9.14. The SMILES string of the molecule is c1ccc(-c2ccc(-c3nc(-c4cc(-c5ccccc5)cc(-c5ccccc5)c4)nc(-c4cccc5oc6c(-c7ccccc7-c7ccccc7)cccc6c45)n3)cc2)cc1. The maximum atomic E-state index is 6.83. The normalized spacial score (nSPS) is 11.3. The molecule has 4 heteroatoms. The molecule has 0 N–H and O–H groups in total. The molecule has 11 rings (SSSR count). The highest BCUT2D eigenvalue weighted by molar-refractivity contribution is 6.15. The van der Waals surface area contributed by atoms with Gasteiger partial charge < -0.3 is 4.42 Å². The van der Waals surface area contributed by atoms with Crippen molar-refractivity contribution in [3.8, 4) is 89.8 Å². The van der Waals surface area contributed by atoms with Gasteiger partial charge in [-0.3, -0.25) is 0 Å². The molecule has 0 aliphatic rings. The van der Waals surface area contributed by atoms with Crippen LogP contribution in [0.4, 0.5) is 0 Å². The lowest BCUT2D eigenvalue weighted by molar-refractivity contribution is 0.670. The Labute approximate surface area is 354 Å². The van der Waals surface area contributed by atoms with Crippen LogP contribution in [-0.4, -0.2) is 15.0 Å². The van der Waals surface area contributed by atoms with Gasteiger partial charge in [0.05, 0.1) is 0 Å². The van der Waals surface area contributed by atoms with Crippen LogP contribution in [0.15, 0.2) is 229 Å². The maximum Gasteiger partial charge on any atom is 0.164 e. The monoisotopic (exact) mass is 779 g/mol. The summed E-state index contributed by atoms with van der Waals surface area (Å²) < 4.78 is 6.83. The summed E-state index contributed by atoms with van der Waals surface area (Å²) >= 11 is 0. The fourth-order valence-corrected chi connectivity index (χ4v) is 8.38. The minimum Gasteiger partial charge on any atom is -0.455 e. The predicted octanol–water partition coefficient (Wildman–Crippen LogP) is 15.1. The highest BCUT2D eigenvalue weighted by atomic mass is 16.3. The van der Waals surface area contributed by atoms with E-state index in [9.17, 15) is 0 Å². The van der Waals surface area contributed by atoms with E-state index in [1.54, 1.807) is 0 Å². The first-order valence-corrected chi connectivity index (χ1v) is 20.5. The van der Waals surface area contributed by atoms with Crippen molar-refractivity contribution in [3.63, 3.8) is 0 Å². The molecule has 0 aliphatic heterocycles. The molecule has 0 atom stereocenters. The quantitative estimate of drug-likeness (QED) is 0.154. The fourth-order valence-electron chi connectivity index (χ4n) is 8.38. The van der Waals surface area contributed by atoms with Gasteiger partial charge in [0.25, 0.3) is 0 Å². The van der Waals surface area contributed by atoms with Crippen molar-refractivity contribution >= 4 is 21.9 Å². The number of rotatable bonds is 8. The summed E-state index contributed by atoms with van der Waals surface area (Å²) in [6, 6.07) is 78.1. The lowest BCUT2D eigenvalue weighted by atomic mass is 9.93. The Morgan fingerprint density at radius 2 is 0.689 bits per heavy atom. The van der Waals surface area contributed by atoms with Gasteiger partial charge in [0.2, 0.25) is 0 Å². The first-order chi connectivity index (χ1) is 30.2. The second-order valence-corrected chi connectivity index (χ2v) is 15.2. The molecule has 2 heterocycles. The van der Waals surface area contributed by atoms with Crippen LogP contribution in [-0.2, 0) is 0 Å². The number of hydrogen-bond acceptors (Lipinski definition) is 4. The Bertz CT molecular complexity index is 3270. The van der Waals surface area contributed by atoms with E-state index in [0.29, 0.717) is 17.5 Å². The van der Waals surface area contributed by atoms with E-state index in [1.165, 1.54) is 0 Å². The van der Waals surface area contributed by atoms with E-state index in [0.717, 1.165) is 94.3 Å². The summed E-state index contributed by atoms with van der Waals surface area (Å²) in [6.07, 6.45) is 0. The van der Waals surface area contributed by atoms with Crippen molar-refractivity contribution in [1.29, 1.82) is 0 Å². The van der Waals surface area contributed by atoms with Crippen molar-refractivity contribution in [1.82, 2.24) is 15.0 Å². The van der Waals surface area contributed by atoms with E-state index < -0.39 is 0 Å². The molecule has 0 saturated carbocycles. The largest absolute Gasteiger partial charge is 0.455 e. The van der Waals surface area contributed by atoms with Crippen molar-refractivity contribution < 1.29 is 4.42 Å². The molecule has 0 bridgehead atoms. The highest BCUT2D eigenvalue weighted by Gasteiger charge is 2.21. The number of fused-ring (bicyclic) bond motifs is 3. The topological polar surface area (TPSA) is 51.8 Å². The minimum absolute atomic E-state index is 0.571. The van der Waals surface area contributed by atoms with Gasteiger partial charge in [0.15, 0.2) is 17.5 Å². The first-order valence-electron chi connectivity index (χ1n) is 20.5. The van der Waals surface area contributed by atoms with Gasteiger partial charge in [-0.2, -0.15) is 0 Å². The lowest BCUT2D eigenvalue weighted by Gasteiger charge is -2.13. The van der Waals surface area contributed by atoms with Gasteiger partial charge in [-0.25, -0.2) is 15.0 Å². The Hall–Kier alpha value is -8.21. The third kappa shape index (κ3) is 6.86. The molecule has 9 aromatic carbocycles. The molecule has 0 unspecified atom stereocenters. The maximum absolute atomic E-state index is 6.83. The number of nitrogens with zero attached hydrogens (tertiary/aromatic N) is 3. The van der Waals surface area contributed by atoms with Gasteiger partial charge >= 0.3 is 0 Å².